The fourth-order valence-electron chi connectivity index (χ4n) is 4.47. The van der Waals surface area contributed by atoms with Crippen LogP contribution >= 0.6 is 0 Å². The lowest BCUT2D eigenvalue weighted by molar-refractivity contribution is -0.182. The van der Waals surface area contributed by atoms with Crippen LogP contribution in [0.1, 0.15) is 44.1 Å². The molecule has 4 rings (SSSR count). The maximum absolute atomic E-state index is 12.3. The molecule has 1 atom stereocenters. The third kappa shape index (κ3) is 4.81. The predicted molar refractivity (Wildman–Crippen MR) is 101 cm³/mol. The molecule has 1 saturated carbocycles. The van der Waals surface area contributed by atoms with Crippen molar-refractivity contribution in [3.63, 3.8) is 0 Å². The maximum atomic E-state index is 12.3. The van der Waals surface area contributed by atoms with Crippen LogP contribution in [0.3, 0.4) is 0 Å². The number of rotatable bonds is 4. The number of hydrogen-bond acceptors (Lipinski definition) is 5. The first kappa shape index (κ1) is 18.7. The van der Waals surface area contributed by atoms with Crippen LogP contribution in [0.15, 0.2) is 30.3 Å². The van der Waals surface area contributed by atoms with Crippen LogP contribution in [0.4, 0.5) is 4.79 Å². The summed E-state index contributed by atoms with van der Waals surface area (Å²) < 4.78 is 17.2. The molecular formula is C21H30N2O4. The highest BCUT2D eigenvalue weighted by molar-refractivity contribution is 5.67. The van der Waals surface area contributed by atoms with Crippen LogP contribution < -0.4 is 5.32 Å². The summed E-state index contributed by atoms with van der Waals surface area (Å²) in [6, 6.07) is 10.7. The Labute approximate surface area is 161 Å². The second-order valence-electron chi connectivity index (χ2n) is 7.87. The predicted octanol–water partition coefficient (Wildman–Crippen LogP) is 3.06. The molecule has 2 saturated heterocycles. The molecule has 1 N–H and O–H groups in total. The van der Waals surface area contributed by atoms with E-state index in [2.05, 4.69) is 5.32 Å². The molecule has 2 aliphatic heterocycles. The minimum Gasteiger partial charge on any atom is -0.445 e. The summed E-state index contributed by atoms with van der Waals surface area (Å²) >= 11 is 0. The van der Waals surface area contributed by atoms with Gasteiger partial charge in [-0.15, -0.1) is 0 Å². The Morgan fingerprint density at radius 2 is 1.85 bits per heavy atom. The quantitative estimate of drug-likeness (QED) is 0.878. The van der Waals surface area contributed by atoms with E-state index >= 15 is 0 Å². The van der Waals surface area contributed by atoms with E-state index in [0.29, 0.717) is 18.7 Å². The first-order valence-electron chi connectivity index (χ1n) is 10.2. The molecule has 0 bridgehead atoms. The Kier molecular flexibility index (Phi) is 5.95. The van der Waals surface area contributed by atoms with E-state index in [1.807, 2.05) is 35.2 Å². The third-order valence-corrected chi connectivity index (χ3v) is 5.91. The van der Waals surface area contributed by atoms with Crippen molar-refractivity contribution in [3.05, 3.63) is 35.9 Å². The highest BCUT2D eigenvalue weighted by atomic mass is 16.7. The van der Waals surface area contributed by atoms with Gasteiger partial charge < -0.3 is 24.4 Å². The zero-order valence-electron chi connectivity index (χ0n) is 15.9. The first-order valence-corrected chi connectivity index (χ1v) is 10.2. The lowest BCUT2D eigenvalue weighted by Crippen LogP contribution is -2.51. The lowest BCUT2D eigenvalue weighted by Gasteiger charge is -2.40. The molecule has 1 spiro atoms. The monoisotopic (exact) mass is 374 g/mol. The summed E-state index contributed by atoms with van der Waals surface area (Å²) in [5.41, 5.74) is 1.02. The van der Waals surface area contributed by atoms with Crippen molar-refractivity contribution < 1.29 is 19.0 Å². The van der Waals surface area contributed by atoms with Crippen LogP contribution in [-0.4, -0.2) is 55.2 Å². The topological polar surface area (TPSA) is 60.0 Å². The van der Waals surface area contributed by atoms with Crippen molar-refractivity contribution in [2.45, 2.75) is 63.0 Å². The molecule has 27 heavy (non-hydrogen) atoms. The Hall–Kier alpha value is -1.63. The van der Waals surface area contributed by atoms with E-state index in [9.17, 15) is 4.79 Å². The molecule has 3 fully saturated rings. The number of nitrogens with zero attached hydrogens (tertiary/aromatic N) is 1. The Morgan fingerprint density at radius 3 is 2.59 bits per heavy atom. The number of amides is 1. The summed E-state index contributed by atoms with van der Waals surface area (Å²) in [4.78, 5) is 14.1. The summed E-state index contributed by atoms with van der Waals surface area (Å²) in [6.07, 6.45) is 5.98. The minimum atomic E-state index is -0.335. The van der Waals surface area contributed by atoms with Crippen molar-refractivity contribution in [1.82, 2.24) is 10.2 Å². The molecule has 6 heteroatoms. The third-order valence-electron chi connectivity index (χ3n) is 5.91. The minimum absolute atomic E-state index is 0.207. The Bertz CT molecular complexity index is 610. The van der Waals surface area contributed by atoms with Crippen LogP contribution in [0.25, 0.3) is 0 Å². The fourth-order valence-corrected chi connectivity index (χ4v) is 4.47. The largest absolute Gasteiger partial charge is 0.445 e. The number of carbonyl (C=O) groups is 1. The lowest BCUT2D eigenvalue weighted by atomic mass is 9.88. The van der Waals surface area contributed by atoms with Gasteiger partial charge in [-0.1, -0.05) is 30.3 Å². The van der Waals surface area contributed by atoms with Crippen molar-refractivity contribution >= 4 is 6.09 Å². The van der Waals surface area contributed by atoms with Crippen molar-refractivity contribution in [2.75, 3.05) is 26.3 Å². The van der Waals surface area contributed by atoms with Gasteiger partial charge in [-0.2, -0.15) is 0 Å². The highest BCUT2D eigenvalue weighted by Gasteiger charge is 2.41. The summed E-state index contributed by atoms with van der Waals surface area (Å²) in [7, 11) is 0. The van der Waals surface area contributed by atoms with E-state index < -0.39 is 0 Å². The SMILES string of the molecule is O=C(OCc1ccccc1)N1CCC(NC2CCCC3(C2)OCCO3)CC1. The van der Waals surface area contributed by atoms with E-state index in [0.717, 1.165) is 64.0 Å². The van der Waals surface area contributed by atoms with Gasteiger partial charge in [0, 0.05) is 38.0 Å². The van der Waals surface area contributed by atoms with Gasteiger partial charge >= 0.3 is 6.09 Å². The second-order valence-corrected chi connectivity index (χ2v) is 7.87. The molecule has 2 heterocycles. The second kappa shape index (κ2) is 8.59. The molecule has 0 radical (unpaired) electrons. The number of benzene rings is 1. The number of hydrogen-bond donors (Lipinski definition) is 1. The average Bonchev–Trinajstić information content (AvgIpc) is 3.15. The van der Waals surface area contributed by atoms with Gasteiger partial charge in [0.1, 0.15) is 6.61 Å². The van der Waals surface area contributed by atoms with Gasteiger partial charge in [0.05, 0.1) is 13.2 Å². The van der Waals surface area contributed by atoms with Crippen molar-refractivity contribution in [1.29, 1.82) is 0 Å². The fraction of sp³-hybridized carbons (Fsp3) is 0.667. The first-order chi connectivity index (χ1) is 13.2. The number of ether oxygens (including phenoxy) is 3. The van der Waals surface area contributed by atoms with E-state index in [4.69, 9.17) is 14.2 Å². The highest BCUT2D eigenvalue weighted by Crippen LogP contribution is 2.36. The smallest absolute Gasteiger partial charge is 0.410 e. The van der Waals surface area contributed by atoms with E-state index in [1.165, 1.54) is 6.42 Å². The van der Waals surface area contributed by atoms with Crippen molar-refractivity contribution in [2.24, 2.45) is 0 Å². The molecule has 0 aromatic heterocycles. The van der Waals surface area contributed by atoms with Gasteiger partial charge in [0.2, 0.25) is 0 Å². The van der Waals surface area contributed by atoms with Crippen LogP contribution in [0.5, 0.6) is 0 Å². The summed E-state index contributed by atoms with van der Waals surface area (Å²) in [5.74, 6) is -0.335. The van der Waals surface area contributed by atoms with E-state index in [1.54, 1.807) is 0 Å². The molecule has 6 nitrogen and oxygen atoms in total. The Morgan fingerprint density at radius 1 is 1.11 bits per heavy atom. The molecule has 148 valence electrons. The molecule has 1 aromatic rings. The van der Waals surface area contributed by atoms with Gasteiger partial charge in [-0.3, -0.25) is 0 Å². The molecule has 1 aromatic carbocycles. The zero-order valence-corrected chi connectivity index (χ0v) is 15.9. The van der Waals surface area contributed by atoms with Gasteiger partial charge in [-0.25, -0.2) is 4.79 Å². The molecule has 1 amide bonds. The molecule has 1 unspecified atom stereocenters. The number of likely N-dealkylation sites (tertiary alicyclic amines) is 1. The maximum Gasteiger partial charge on any atom is 0.410 e. The van der Waals surface area contributed by atoms with Crippen molar-refractivity contribution in [3.8, 4) is 0 Å². The van der Waals surface area contributed by atoms with Gasteiger partial charge in [0.15, 0.2) is 5.79 Å². The number of carbonyl (C=O) groups excluding carboxylic acids is 1. The zero-order chi connectivity index (χ0) is 18.5. The van der Waals surface area contributed by atoms with Gasteiger partial charge in [0.25, 0.3) is 0 Å². The summed E-state index contributed by atoms with van der Waals surface area (Å²) in [6.45, 7) is 3.26. The molecule has 3 aliphatic rings. The number of nitrogens with one attached hydrogen (secondary N) is 1. The molecule has 1 aliphatic carbocycles. The summed E-state index contributed by atoms with van der Waals surface area (Å²) in [5, 5.41) is 3.79. The Balaban J connectivity index is 1.19. The van der Waals surface area contributed by atoms with Gasteiger partial charge in [-0.05, 0) is 31.2 Å². The molecular weight excluding hydrogens is 344 g/mol. The van der Waals surface area contributed by atoms with Crippen LogP contribution in [0.2, 0.25) is 0 Å². The number of piperidine rings is 1. The normalized spacial score (nSPS) is 25.6. The van der Waals surface area contributed by atoms with Crippen LogP contribution in [-0.2, 0) is 20.8 Å². The average molecular weight is 374 g/mol. The standard InChI is InChI=1S/C21H30N2O4/c24-20(25-16-17-5-2-1-3-6-17)23-11-8-18(9-12-23)22-19-7-4-10-21(15-19)26-13-14-27-21/h1-3,5-6,18-19,22H,4,7-16H2. The van der Waals surface area contributed by atoms with E-state index in [-0.39, 0.29) is 11.9 Å². The van der Waals surface area contributed by atoms with Crippen LogP contribution in [0, 0.1) is 0 Å².